The minimum Gasteiger partial charge on any atom is -0.494 e. The lowest BCUT2D eigenvalue weighted by Gasteiger charge is -2.21. The van der Waals surface area contributed by atoms with Crippen molar-refractivity contribution in [2.75, 3.05) is 18.1 Å². The topological polar surface area (TPSA) is 89.6 Å². The van der Waals surface area contributed by atoms with Gasteiger partial charge in [-0.15, -0.1) is 0 Å². The van der Waals surface area contributed by atoms with Gasteiger partial charge >= 0.3 is 5.97 Å². The number of nitrogens with zero attached hydrogens (tertiary/aromatic N) is 4. The van der Waals surface area contributed by atoms with Gasteiger partial charge in [0.2, 0.25) is 0 Å². The number of anilines is 1. The fourth-order valence-corrected chi connectivity index (χ4v) is 7.09. The number of aryl methyl sites for hydroxylation is 6. The van der Waals surface area contributed by atoms with E-state index >= 15 is 0 Å². The summed E-state index contributed by atoms with van der Waals surface area (Å²) in [5.41, 5.74) is 7.47. The number of rotatable bonds is 8. The monoisotopic (exact) mass is 676 g/mol. The first-order valence-corrected chi connectivity index (χ1v) is 16.2. The predicted molar refractivity (Wildman–Crippen MR) is 183 cm³/mol. The van der Waals surface area contributed by atoms with Gasteiger partial charge in [-0.2, -0.15) is 5.10 Å². The molecule has 0 bridgehead atoms. The van der Waals surface area contributed by atoms with Gasteiger partial charge in [0.05, 0.1) is 28.4 Å². The van der Waals surface area contributed by atoms with E-state index in [1.807, 2.05) is 68.3 Å². The molecular weight excluding hydrogens is 642 g/mol. The van der Waals surface area contributed by atoms with Crippen LogP contribution in [-0.4, -0.2) is 44.5 Å². The Morgan fingerprint density at radius 1 is 1.02 bits per heavy atom. The van der Waals surface area contributed by atoms with Gasteiger partial charge in [-0.1, -0.05) is 29.3 Å². The molecule has 1 aliphatic rings. The lowest BCUT2D eigenvalue weighted by atomic mass is 9.98. The lowest BCUT2D eigenvalue weighted by Crippen LogP contribution is -2.32. The number of halogens is 3. The van der Waals surface area contributed by atoms with Crippen molar-refractivity contribution >= 4 is 51.7 Å². The second-order valence-corrected chi connectivity index (χ2v) is 12.9. The average molecular weight is 678 g/mol. The first-order valence-electron chi connectivity index (χ1n) is 15.5. The summed E-state index contributed by atoms with van der Waals surface area (Å²) >= 11 is 13.3. The number of hydrogen-bond donors (Lipinski definition) is 1. The molecule has 0 radical (unpaired) electrons. The Morgan fingerprint density at radius 3 is 2.40 bits per heavy atom. The molecule has 0 aliphatic carbocycles. The van der Waals surface area contributed by atoms with Crippen LogP contribution in [0.5, 0.6) is 5.75 Å². The predicted octanol–water partition coefficient (Wildman–Crippen LogP) is 8.48. The van der Waals surface area contributed by atoms with Crippen LogP contribution in [0.4, 0.5) is 10.1 Å². The maximum absolute atomic E-state index is 14.6. The molecule has 6 rings (SSSR count). The highest BCUT2D eigenvalue weighted by Crippen LogP contribution is 2.43. The molecule has 8 nitrogen and oxygen atoms in total. The fraction of sp³-hybridized carbons (Fsp3) is 0.306. The third kappa shape index (κ3) is 5.87. The Kier molecular flexibility index (Phi) is 8.80. The Balaban J connectivity index is 1.48. The van der Waals surface area contributed by atoms with Crippen LogP contribution in [0.25, 0.3) is 22.0 Å². The number of hydrogen-bond acceptors (Lipinski definition) is 4. The largest absolute Gasteiger partial charge is 0.494 e. The number of carboxylic acids is 1. The highest BCUT2D eigenvalue weighted by molar-refractivity contribution is 6.35. The smallest absolute Gasteiger partial charge is 0.335 e. The molecule has 0 atom stereocenters. The van der Waals surface area contributed by atoms with Gasteiger partial charge in [-0.25, -0.2) is 9.18 Å². The molecule has 3 aromatic carbocycles. The van der Waals surface area contributed by atoms with Crippen molar-refractivity contribution in [3.63, 3.8) is 0 Å². The van der Waals surface area contributed by atoms with Gasteiger partial charge < -0.3 is 19.3 Å². The zero-order chi connectivity index (χ0) is 33.7. The summed E-state index contributed by atoms with van der Waals surface area (Å²) in [6.07, 6.45) is 1.67. The van der Waals surface area contributed by atoms with Crippen LogP contribution in [-0.2, 0) is 20.0 Å². The highest BCUT2D eigenvalue weighted by atomic mass is 35.5. The normalized spacial score (nSPS) is 13.3. The number of amides is 1. The van der Waals surface area contributed by atoms with Gasteiger partial charge in [0, 0.05) is 53.1 Å². The summed E-state index contributed by atoms with van der Waals surface area (Å²) < 4.78 is 24.6. The molecule has 0 saturated carbocycles. The van der Waals surface area contributed by atoms with Crippen molar-refractivity contribution < 1.29 is 23.8 Å². The Labute approximate surface area is 282 Å². The van der Waals surface area contributed by atoms with Crippen molar-refractivity contribution in [1.29, 1.82) is 0 Å². The Hall–Kier alpha value is -4.34. The summed E-state index contributed by atoms with van der Waals surface area (Å²) in [4.78, 5) is 27.8. The molecule has 5 aromatic rings. The van der Waals surface area contributed by atoms with Crippen molar-refractivity contribution in [1.82, 2.24) is 14.3 Å². The molecule has 1 amide bonds. The summed E-state index contributed by atoms with van der Waals surface area (Å²) in [7, 11) is 1.89. The molecule has 11 heteroatoms. The summed E-state index contributed by atoms with van der Waals surface area (Å²) in [6, 6.07) is 11.1. The number of carbonyl (C=O) groups excluding carboxylic acids is 1. The second-order valence-electron chi connectivity index (χ2n) is 12.1. The fourth-order valence-electron chi connectivity index (χ4n) is 6.73. The lowest BCUT2D eigenvalue weighted by molar-refractivity contribution is 0.0695. The second kappa shape index (κ2) is 12.7. The van der Waals surface area contributed by atoms with E-state index in [9.17, 15) is 19.1 Å². The maximum atomic E-state index is 14.6. The molecule has 0 unspecified atom stereocenters. The molecular formula is C36H35Cl2FN4O4. The van der Waals surface area contributed by atoms with Crippen LogP contribution >= 0.6 is 23.2 Å². The number of aromatic nitrogens is 3. The van der Waals surface area contributed by atoms with Crippen molar-refractivity contribution in [2.24, 2.45) is 7.05 Å². The number of fused-ring (bicyclic) bond motifs is 3. The summed E-state index contributed by atoms with van der Waals surface area (Å²) in [6.45, 7) is 9.00. The molecule has 3 heterocycles. The Bertz CT molecular complexity index is 2060. The third-order valence-electron chi connectivity index (χ3n) is 8.94. The maximum Gasteiger partial charge on any atom is 0.335 e. The first kappa shape index (κ1) is 32.6. The molecule has 2 aromatic heterocycles. The molecule has 1 aliphatic heterocycles. The van der Waals surface area contributed by atoms with E-state index in [1.165, 1.54) is 17.0 Å². The van der Waals surface area contributed by atoms with Crippen LogP contribution < -0.4 is 9.64 Å². The Morgan fingerprint density at radius 2 is 1.74 bits per heavy atom. The van der Waals surface area contributed by atoms with Gasteiger partial charge in [0.1, 0.15) is 17.3 Å². The first-order chi connectivity index (χ1) is 22.4. The zero-order valence-electron chi connectivity index (χ0n) is 26.9. The minimum atomic E-state index is -1.27. The van der Waals surface area contributed by atoms with E-state index in [1.54, 1.807) is 0 Å². The van der Waals surface area contributed by atoms with Crippen LogP contribution in [0.2, 0.25) is 10.0 Å². The van der Waals surface area contributed by atoms with Gasteiger partial charge in [-0.3, -0.25) is 9.48 Å². The molecule has 244 valence electrons. The van der Waals surface area contributed by atoms with E-state index in [2.05, 4.69) is 5.10 Å². The van der Waals surface area contributed by atoms with Crippen molar-refractivity contribution in [3.8, 4) is 16.9 Å². The van der Waals surface area contributed by atoms with Crippen molar-refractivity contribution in [3.05, 3.63) is 97.7 Å². The SMILES string of the molecule is Cc1cc(OCCCc2c3n(c4c(-c5c(C)nn(C)c5C)c(Cl)ccc24)CCCN(c2cc(F)cc(C(=O)O)c2)C3=O)cc(C)c1Cl. The number of carboxylic acid groups (broad SMARTS) is 1. The van der Waals surface area contributed by atoms with Gasteiger partial charge in [-0.05, 0) is 100 Å². The van der Waals surface area contributed by atoms with E-state index in [0.717, 1.165) is 61.9 Å². The zero-order valence-corrected chi connectivity index (χ0v) is 28.4. The minimum absolute atomic E-state index is 0.200. The average Bonchev–Trinajstić information content (AvgIpc) is 3.38. The number of benzene rings is 3. The van der Waals surface area contributed by atoms with Crippen LogP contribution in [0.3, 0.4) is 0 Å². The van der Waals surface area contributed by atoms with Crippen LogP contribution in [0.15, 0.2) is 42.5 Å². The van der Waals surface area contributed by atoms with Crippen LogP contribution in [0.1, 0.15) is 61.8 Å². The quantitative estimate of drug-likeness (QED) is 0.167. The molecule has 47 heavy (non-hydrogen) atoms. The molecule has 1 N–H and O–H groups in total. The summed E-state index contributed by atoms with van der Waals surface area (Å²) in [5, 5.41) is 16.4. The molecule has 0 fully saturated rings. The van der Waals surface area contributed by atoms with E-state index in [4.69, 9.17) is 27.9 Å². The van der Waals surface area contributed by atoms with E-state index in [-0.39, 0.29) is 23.7 Å². The van der Waals surface area contributed by atoms with Gasteiger partial charge in [0.15, 0.2) is 0 Å². The van der Waals surface area contributed by atoms with E-state index < -0.39 is 11.8 Å². The number of ether oxygens (including phenoxy) is 1. The standard InChI is InChI=1S/C36H35Cl2FN4O4/c1-19-14-26(15-20(2)32(19)38)47-13-6-8-27-28-9-10-29(37)31(30-21(3)40-41(5)22(30)4)33(28)43-12-7-11-42(35(44)34(27)43)25-17-23(36(45)46)16-24(39)18-25/h9-10,14-18H,6-8,11-13H2,1-5H3,(H,45,46). The van der Waals surface area contributed by atoms with Crippen LogP contribution in [0, 0.1) is 33.5 Å². The number of carbonyl (C=O) groups is 2. The molecule has 0 spiro atoms. The molecule has 0 saturated heterocycles. The van der Waals surface area contributed by atoms with Crippen molar-refractivity contribution in [2.45, 2.75) is 53.5 Å². The third-order valence-corrected chi connectivity index (χ3v) is 9.85. The van der Waals surface area contributed by atoms with E-state index in [0.29, 0.717) is 48.2 Å². The van der Waals surface area contributed by atoms with Gasteiger partial charge in [0.25, 0.3) is 5.91 Å². The number of aromatic carboxylic acids is 1. The summed E-state index contributed by atoms with van der Waals surface area (Å²) in [5.74, 6) is -1.60. The highest BCUT2D eigenvalue weighted by Gasteiger charge is 2.33.